The van der Waals surface area contributed by atoms with Gasteiger partial charge in [-0.25, -0.2) is 15.1 Å². The van der Waals surface area contributed by atoms with Crippen molar-refractivity contribution in [3.05, 3.63) is 0 Å². The van der Waals surface area contributed by atoms with Crippen LogP contribution in [0.3, 0.4) is 0 Å². The Balaban J connectivity index is 2.26. The number of hydrogen-bond acceptors (Lipinski definition) is 6. The van der Waals surface area contributed by atoms with E-state index in [1.54, 1.807) is 32.5 Å². The van der Waals surface area contributed by atoms with E-state index in [2.05, 4.69) is 5.43 Å². The van der Waals surface area contributed by atoms with Crippen LogP contribution in [-0.4, -0.2) is 41.5 Å². The summed E-state index contributed by atoms with van der Waals surface area (Å²) in [5.41, 5.74) is 1.92. The Morgan fingerprint density at radius 1 is 1.62 bits per heavy atom. The highest BCUT2D eigenvalue weighted by atomic mass is 32.2. The molecule has 1 amide bonds. The van der Waals surface area contributed by atoms with Crippen LogP contribution in [0.15, 0.2) is 0 Å². The van der Waals surface area contributed by atoms with Crippen molar-refractivity contribution in [3.63, 3.8) is 0 Å². The molecule has 0 aromatic rings. The Labute approximate surface area is 99.4 Å². The van der Waals surface area contributed by atoms with Crippen LogP contribution in [0.2, 0.25) is 0 Å². The molecule has 1 aliphatic heterocycles. The lowest BCUT2D eigenvalue weighted by Crippen LogP contribution is -2.43. The molecular formula is C9H18N2O4S. The molecule has 6 nitrogen and oxygen atoms in total. The van der Waals surface area contributed by atoms with E-state index < -0.39 is 11.7 Å². The minimum Gasteiger partial charge on any atom is -0.443 e. The number of hydrazine groups is 1. The summed E-state index contributed by atoms with van der Waals surface area (Å²) in [5, 5.41) is 1.23. The maximum absolute atomic E-state index is 11.4. The molecule has 94 valence electrons. The first-order valence-electron chi connectivity index (χ1n) is 5.00. The molecule has 1 rings (SSSR count). The predicted molar refractivity (Wildman–Crippen MR) is 60.4 cm³/mol. The maximum atomic E-state index is 11.4. The second kappa shape index (κ2) is 5.72. The molecule has 0 aromatic heterocycles. The van der Waals surface area contributed by atoms with Gasteiger partial charge >= 0.3 is 6.09 Å². The first-order chi connectivity index (χ1) is 7.40. The van der Waals surface area contributed by atoms with Gasteiger partial charge in [-0.15, -0.1) is 4.99 Å². The third-order valence-electron chi connectivity index (χ3n) is 1.61. The molecule has 1 aliphatic rings. The summed E-state index contributed by atoms with van der Waals surface area (Å²) in [7, 11) is 0. The van der Waals surface area contributed by atoms with Crippen molar-refractivity contribution in [2.75, 3.05) is 18.6 Å². The number of ether oxygens (including phenoxy) is 1. The minimum atomic E-state index is -0.555. The lowest BCUT2D eigenvalue weighted by atomic mass is 10.2. The molecule has 0 bridgehead atoms. The molecule has 1 unspecified atom stereocenters. The number of thioether (sulfide) groups is 1. The van der Waals surface area contributed by atoms with E-state index in [0.29, 0.717) is 6.54 Å². The Hall–Kier alpha value is -0.500. The molecule has 0 spiro atoms. The average molecular weight is 250 g/mol. The van der Waals surface area contributed by atoms with Crippen LogP contribution in [0.5, 0.6) is 0 Å². The van der Waals surface area contributed by atoms with Gasteiger partial charge in [0.2, 0.25) is 0 Å². The molecule has 1 atom stereocenters. The number of carbonyl (C=O) groups is 1. The number of nitrogens with one attached hydrogen (secondary N) is 1. The zero-order chi connectivity index (χ0) is 12.2. The highest BCUT2D eigenvalue weighted by Crippen LogP contribution is 2.12. The summed E-state index contributed by atoms with van der Waals surface area (Å²) < 4.78 is 5.06. The molecule has 16 heavy (non-hydrogen) atoms. The molecule has 0 radical (unpaired) electrons. The fraction of sp³-hybridized carbons (Fsp3) is 0.889. The Bertz CT molecular complexity index is 244. The quantitative estimate of drug-likeness (QED) is 0.763. The van der Waals surface area contributed by atoms with Gasteiger partial charge in [-0.1, -0.05) is 5.17 Å². The monoisotopic (exact) mass is 250 g/mol. The summed E-state index contributed by atoms with van der Waals surface area (Å²) in [5.74, 6) is 0.812. The zero-order valence-electron chi connectivity index (χ0n) is 9.98. The molecule has 0 aromatic carbocycles. The van der Waals surface area contributed by atoms with Gasteiger partial charge in [0.25, 0.3) is 0 Å². The first kappa shape index (κ1) is 13.6. The summed E-state index contributed by atoms with van der Waals surface area (Å²) in [4.78, 5) is 21.1. The predicted octanol–water partition coefficient (Wildman–Crippen LogP) is 1.34. The van der Waals surface area contributed by atoms with Crippen molar-refractivity contribution in [2.45, 2.75) is 32.5 Å². The van der Waals surface area contributed by atoms with E-state index in [4.69, 9.17) is 14.6 Å². The van der Waals surface area contributed by atoms with Crippen LogP contribution in [-0.2, 0) is 14.6 Å². The molecule has 1 heterocycles. The molecule has 0 saturated carbocycles. The Morgan fingerprint density at radius 2 is 2.31 bits per heavy atom. The van der Waals surface area contributed by atoms with Gasteiger partial charge in [0.1, 0.15) is 11.7 Å². The van der Waals surface area contributed by atoms with Crippen molar-refractivity contribution < 1.29 is 19.4 Å². The molecule has 1 fully saturated rings. The summed E-state index contributed by atoms with van der Waals surface area (Å²) in [6, 6.07) is 0. The van der Waals surface area contributed by atoms with Gasteiger partial charge < -0.3 is 4.74 Å². The van der Waals surface area contributed by atoms with E-state index in [1.165, 1.54) is 5.17 Å². The number of rotatable bonds is 3. The molecule has 0 aliphatic carbocycles. The van der Waals surface area contributed by atoms with Gasteiger partial charge in [0.15, 0.2) is 0 Å². The highest BCUT2D eigenvalue weighted by Gasteiger charge is 2.28. The minimum absolute atomic E-state index is 0.0371. The van der Waals surface area contributed by atoms with Crippen LogP contribution in [0.1, 0.15) is 20.8 Å². The van der Waals surface area contributed by atoms with Gasteiger partial charge in [-0.05, 0) is 27.0 Å². The SMILES string of the molecule is CSCC1CN(NC(=O)OC(C)(C)C)OO1. The molecular weight excluding hydrogens is 232 g/mol. The van der Waals surface area contributed by atoms with Crippen LogP contribution in [0.25, 0.3) is 0 Å². The number of amides is 1. The van der Waals surface area contributed by atoms with E-state index in [9.17, 15) is 4.79 Å². The number of nitrogens with zero attached hydrogens (tertiary/aromatic N) is 1. The second-order valence-electron chi connectivity index (χ2n) is 4.42. The molecule has 7 heteroatoms. The average Bonchev–Trinajstić information content (AvgIpc) is 2.49. The lowest BCUT2D eigenvalue weighted by molar-refractivity contribution is -0.391. The Kier molecular flexibility index (Phi) is 4.85. The second-order valence-corrected chi connectivity index (χ2v) is 5.33. The number of hydroxylamine groups is 1. The summed E-state index contributed by atoms with van der Waals surface area (Å²) in [6.07, 6.45) is 1.39. The van der Waals surface area contributed by atoms with Gasteiger partial charge in [0, 0.05) is 5.75 Å². The standard InChI is InChI=1S/C9H18N2O4S/c1-9(2,3)13-8(12)10-11-5-7(6-16-4)14-15-11/h7H,5-6H2,1-4H3,(H,10,12). The van der Waals surface area contributed by atoms with Crippen LogP contribution < -0.4 is 5.43 Å². The highest BCUT2D eigenvalue weighted by molar-refractivity contribution is 7.98. The summed E-state index contributed by atoms with van der Waals surface area (Å²) >= 11 is 1.65. The van der Waals surface area contributed by atoms with E-state index >= 15 is 0 Å². The normalized spacial score (nSPS) is 22.1. The van der Waals surface area contributed by atoms with Gasteiger partial charge in [-0.2, -0.15) is 11.8 Å². The van der Waals surface area contributed by atoms with Crippen molar-refractivity contribution in [1.82, 2.24) is 10.6 Å². The van der Waals surface area contributed by atoms with E-state index in [1.807, 2.05) is 6.26 Å². The van der Waals surface area contributed by atoms with E-state index in [0.717, 1.165) is 5.75 Å². The van der Waals surface area contributed by atoms with Crippen LogP contribution >= 0.6 is 11.8 Å². The Morgan fingerprint density at radius 3 is 2.88 bits per heavy atom. The van der Waals surface area contributed by atoms with E-state index in [-0.39, 0.29) is 6.10 Å². The van der Waals surface area contributed by atoms with Crippen molar-refractivity contribution in [1.29, 1.82) is 0 Å². The topological polar surface area (TPSA) is 60.0 Å². The van der Waals surface area contributed by atoms with Crippen molar-refractivity contribution >= 4 is 17.9 Å². The smallest absolute Gasteiger partial charge is 0.424 e. The first-order valence-corrected chi connectivity index (χ1v) is 6.39. The third-order valence-corrected chi connectivity index (χ3v) is 2.31. The van der Waals surface area contributed by atoms with Crippen LogP contribution in [0.4, 0.5) is 4.79 Å². The largest absolute Gasteiger partial charge is 0.443 e. The summed E-state index contributed by atoms with van der Waals surface area (Å²) in [6.45, 7) is 5.87. The molecule has 1 N–H and O–H groups in total. The van der Waals surface area contributed by atoms with Crippen molar-refractivity contribution in [2.24, 2.45) is 0 Å². The van der Waals surface area contributed by atoms with Gasteiger partial charge in [0.05, 0.1) is 6.54 Å². The van der Waals surface area contributed by atoms with Crippen LogP contribution in [0, 0.1) is 0 Å². The third kappa shape index (κ3) is 5.02. The number of carbonyl (C=O) groups excluding carboxylic acids is 1. The van der Waals surface area contributed by atoms with Gasteiger partial charge in [-0.3, -0.25) is 0 Å². The fourth-order valence-corrected chi connectivity index (χ4v) is 1.62. The molecule has 1 saturated heterocycles. The van der Waals surface area contributed by atoms with Crippen molar-refractivity contribution in [3.8, 4) is 0 Å². The zero-order valence-corrected chi connectivity index (χ0v) is 10.8. The fourth-order valence-electron chi connectivity index (χ4n) is 1.09. The number of hydrogen-bond donors (Lipinski definition) is 1. The lowest BCUT2D eigenvalue weighted by Gasteiger charge is -2.21. The maximum Gasteiger partial charge on any atom is 0.424 e.